The molecule has 0 saturated carbocycles. The van der Waals surface area contributed by atoms with Gasteiger partial charge in [0.1, 0.15) is 13.2 Å². The first kappa shape index (κ1) is 75.5. The van der Waals surface area contributed by atoms with E-state index in [2.05, 4.69) is 203 Å². The van der Waals surface area contributed by atoms with Crippen molar-refractivity contribution < 1.29 is 28.6 Å². The van der Waals surface area contributed by atoms with Gasteiger partial charge in [0.2, 0.25) is 0 Å². The molecule has 0 aromatic carbocycles. The molecule has 6 nitrogen and oxygen atoms in total. The molecule has 0 aliphatic heterocycles. The lowest BCUT2D eigenvalue weighted by Gasteiger charge is -2.18. The fourth-order valence-electron chi connectivity index (χ4n) is 8.14. The normalized spacial score (nSPS) is 13.4. The van der Waals surface area contributed by atoms with Crippen molar-refractivity contribution in [3.8, 4) is 0 Å². The van der Waals surface area contributed by atoms with Gasteiger partial charge >= 0.3 is 17.9 Å². The molecule has 81 heavy (non-hydrogen) atoms. The topological polar surface area (TPSA) is 78.9 Å². The van der Waals surface area contributed by atoms with Crippen LogP contribution < -0.4 is 0 Å². The predicted molar refractivity (Wildman–Crippen MR) is 352 cm³/mol. The highest BCUT2D eigenvalue weighted by atomic mass is 16.6. The lowest BCUT2D eigenvalue weighted by atomic mass is 10.1. The second kappa shape index (κ2) is 67.0. The Labute approximate surface area is 497 Å². The zero-order valence-electron chi connectivity index (χ0n) is 51.7. The van der Waals surface area contributed by atoms with Crippen molar-refractivity contribution in [2.24, 2.45) is 0 Å². The molecule has 0 fully saturated rings. The van der Waals surface area contributed by atoms with Crippen molar-refractivity contribution in [3.05, 3.63) is 182 Å². The third-order valence-electron chi connectivity index (χ3n) is 12.9. The Kier molecular flexibility index (Phi) is 62.5. The van der Waals surface area contributed by atoms with E-state index in [1.165, 1.54) is 25.7 Å². The molecule has 0 bridgehead atoms. The third-order valence-corrected chi connectivity index (χ3v) is 12.9. The van der Waals surface area contributed by atoms with Crippen LogP contribution in [0.15, 0.2) is 182 Å². The van der Waals surface area contributed by atoms with E-state index in [4.69, 9.17) is 14.2 Å². The quantitative estimate of drug-likeness (QED) is 0.0261. The molecular formula is C75H116O6. The van der Waals surface area contributed by atoms with Crippen LogP contribution in [0.1, 0.15) is 252 Å². The van der Waals surface area contributed by atoms with Gasteiger partial charge < -0.3 is 14.2 Å². The Morgan fingerprint density at radius 1 is 0.259 bits per heavy atom. The zero-order chi connectivity index (χ0) is 58.5. The minimum Gasteiger partial charge on any atom is -0.462 e. The number of ether oxygens (including phenoxy) is 3. The maximum Gasteiger partial charge on any atom is 0.306 e. The van der Waals surface area contributed by atoms with Crippen molar-refractivity contribution >= 4 is 17.9 Å². The van der Waals surface area contributed by atoms with Crippen LogP contribution in [-0.2, 0) is 28.6 Å². The van der Waals surface area contributed by atoms with Gasteiger partial charge in [0, 0.05) is 19.3 Å². The summed E-state index contributed by atoms with van der Waals surface area (Å²) in [5.41, 5.74) is 0. The highest BCUT2D eigenvalue weighted by molar-refractivity contribution is 5.71. The first-order valence-electron chi connectivity index (χ1n) is 32.3. The van der Waals surface area contributed by atoms with Crippen molar-refractivity contribution in [2.75, 3.05) is 13.2 Å². The van der Waals surface area contributed by atoms with E-state index >= 15 is 0 Å². The van der Waals surface area contributed by atoms with Crippen LogP contribution in [-0.4, -0.2) is 37.2 Å². The summed E-state index contributed by atoms with van der Waals surface area (Å²) in [6.07, 6.45) is 101. The Morgan fingerprint density at radius 2 is 0.481 bits per heavy atom. The Balaban J connectivity index is 4.31. The molecular weight excluding hydrogens is 997 g/mol. The van der Waals surface area contributed by atoms with Crippen molar-refractivity contribution in [1.29, 1.82) is 0 Å². The van der Waals surface area contributed by atoms with Gasteiger partial charge in [0.05, 0.1) is 0 Å². The fourth-order valence-corrected chi connectivity index (χ4v) is 8.14. The molecule has 0 N–H and O–H groups in total. The summed E-state index contributed by atoms with van der Waals surface area (Å²) >= 11 is 0. The second-order valence-electron chi connectivity index (χ2n) is 20.6. The molecule has 1 atom stereocenters. The van der Waals surface area contributed by atoms with E-state index in [0.29, 0.717) is 19.3 Å². The minimum absolute atomic E-state index is 0.102. The van der Waals surface area contributed by atoms with Gasteiger partial charge in [0.15, 0.2) is 6.10 Å². The number of unbranched alkanes of at least 4 members (excludes halogenated alkanes) is 15. The van der Waals surface area contributed by atoms with Gasteiger partial charge in [-0.3, -0.25) is 14.4 Å². The van der Waals surface area contributed by atoms with Crippen molar-refractivity contribution in [2.45, 2.75) is 258 Å². The molecule has 1 unspecified atom stereocenters. The number of allylic oxidation sites excluding steroid dienone is 30. The van der Waals surface area contributed by atoms with Gasteiger partial charge in [-0.25, -0.2) is 0 Å². The summed E-state index contributed by atoms with van der Waals surface area (Å²) < 4.78 is 16.8. The van der Waals surface area contributed by atoms with Gasteiger partial charge in [-0.15, -0.1) is 0 Å². The molecule has 0 aliphatic rings. The summed E-state index contributed by atoms with van der Waals surface area (Å²) in [5.74, 6) is -0.963. The Hall–Kier alpha value is -5.49. The average molecular weight is 1110 g/mol. The van der Waals surface area contributed by atoms with E-state index < -0.39 is 6.10 Å². The number of rotatable bonds is 56. The van der Waals surface area contributed by atoms with Gasteiger partial charge in [-0.2, -0.15) is 0 Å². The van der Waals surface area contributed by atoms with Crippen LogP contribution in [0.3, 0.4) is 0 Å². The molecule has 0 radical (unpaired) electrons. The van der Waals surface area contributed by atoms with Gasteiger partial charge in [0.25, 0.3) is 0 Å². The summed E-state index contributed by atoms with van der Waals surface area (Å²) in [4.78, 5) is 38.1. The predicted octanol–water partition coefficient (Wildman–Crippen LogP) is 22.4. The number of hydrogen-bond acceptors (Lipinski definition) is 6. The maximum atomic E-state index is 12.9. The highest BCUT2D eigenvalue weighted by Crippen LogP contribution is 2.13. The standard InChI is InChI=1S/C75H116O6/c1-4-7-10-13-16-18-20-22-24-26-28-30-32-34-36-37-39-40-42-44-46-48-50-52-54-56-59-62-65-68-74(77)80-71-72(70-79-73(76)67-64-61-58-15-12-9-6-3)81-75(78)69-66-63-60-57-55-53-51-49-47-45-43-41-38-35-33-31-29-27-25-23-21-19-17-14-11-8-5-2/h7-8,10-11,16-19,22-25,28-31,34-36,38-40,43-46,49-52,72H,4-6,9,12-15,20-21,26-27,32-33,37,41-42,47-48,53-71H2,1-3H3/b10-7-,11-8-,18-16-,19-17-,24-22-,25-23-,30-28-,31-29-,36-34-,38-35-,40-39-,45-43-,46-44-,51-49-,52-50-. The summed E-state index contributed by atoms with van der Waals surface area (Å²) in [7, 11) is 0. The third kappa shape index (κ3) is 65.2. The van der Waals surface area contributed by atoms with Crippen molar-refractivity contribution in [3.63, 3.8) is 0 Å². The molecule has 0 rings (SSSR count). The first-order valence-corrected chi connectivity index (χ1v) is 32.3. The summed E-state index contributed by atoms with van der Waals surface area (Å²) in [5, 5.41) is 0. The van der Waals surface area contributed by atoms with E-state index in [-0.39, 0.29) is 31.1 Å². The number of hydrogen-bond donors (Lipinski definition) is 0. The summed E-state index contributed by atoms with van der Waals surface area (Å²) in [6.45, 7) is 6.32. The number of esters is 3. The Morgan fingerprint density at radius 3 is 0.753 bits per heavy atom. The molecule has 0 aromatic heterocycles. The fraction of sp³-hybridized carbons (Fsp3) is 0.560. The van der Waals surface area contributed by atoms with E-state index in [0.717, 1.165) is 186 Å². The molecule has 0 aromatic rings. The van der Waals surface area contributed by atoms with Crippen LogP contribution >= 0.6 is 0 Å². The van der Waals surface area contributed by atoms with Gasteiger partial charge in [-0.1, -0.05) is 274 Å². The number of carbonyl (C=O) groups excluding carboxylic acids is 3. The average Bonchev–Trinajstić information content (AvgIpc) is 3.47. The van der Waals surface area contributed by atoms with Crippen molar-refractivity contribution in [1.82, 2.24) is 0 Å². The highest BCUT2D eigenvalue weighted by Gasteiger charge is 2.19. The summed E-state index contributed by atoms with van der Waals surface area (Å²) in [6, 6.07) is 0. The zero-order valence-corrected chi connectivity index (χ0v) is 51.7. The minimum atomic E-state index is -0.808. The molecule has 0 spiro atoms. The molecule has 6 heteroatoms. The second-order valence-corrected chi connectivity index (χ2v) is 20.6. The van der Waals surface area contributed by atoms with E-state index in [1.54, 1.807) is 0 Å². The largest absolute Gasteiger partial charge is 0.462 e. The van der Waals surface area contributed by atoms with Crippen LogP contribution in [0.4, 0.5) is 0 Å². The lowest BCUT2D eigenvalue weighted by Crippen LogP contribution is -2.30. The molecule has 0 amide bonds. The molecule has 0 aliphatic carbocycles. The van der Waals surface area contributed by atoms with E-state index in [9.17, 15) is 14.4 Å². The maximum absolute atomic E-state index is 12.9. The molecule has 0 saturated heterocycles. The van der Waals surface area contributed by atoms with Crippen LogP contribution in [0, 0.1) is 0 Å². The van der Waals surface area contributed by atoms with Crippen LogP contribution in [0.2, 0.25) is 0 Å². The molecule has 452 valence electrons. The Bertz CT molecular complexity index is 1900. The van der Waals surface area contributed by atoms with Gasteiger partial charge in [-0.05, 0) is 141 Å². The monoisotopic (exact) mass is 1110 g/mol. The first-order chi connectivity index (χ1) is 40.0. The SMILES string of the molecule is CC/C=C\C/C=C\C/C=C\C/C=C\C/C=C\C/C=C\C/C=C\C/C=C\CCCCCCC(=O)OCC(COC(=O)CCCCCCCCC)OC(=O)CCCCCCC/C=C\C/C=C\C/C=C\C/C=C\C/C=C\C/C=C\C/C=C\CC. The smallest absolute Gasteiger partial charge is 0.306 e. The molecule has 0 heterocycles. The van der Waals surface area contributed by atoms with Crippen LogP contribution in [0.5, 0.6) is 0 Å². The van der Waals surface area contributed by atoms with E-state index in [1.807, 2.05) is 0 Å². The van der Waals surface area contributed by atoms with Crippen LogP contribution in [0.25, 0.3) is 0 Å². The number of carbonyl (C=O) groups is 3. The lowest BCUT2D eigenvalue weighted by molar-refractivity contribution is -0.167.